The molecule has 5 heterocycles. The SMILES string of the molecule is N#Cc1ccc([C@H]2NC(=O)N(c3cccc(C(F)(F)F)c3)C3=C2C(=O)N(CC(=O)NCCN(CCNC(=O)CN2CC4=C(C2=O)[C@@H](c2ccc(C#N)cc2)NC(=O)N4c2cccc(C(F)(F)F)c2)C(=O)c2cc[n+](CCS(=O)(=O)O)cc2)C3)cc1. The molecule has 4 aliphatic rings. The van der Waals surface area contributed by atoms with Gasteiger partial charge in [-0.1, -0.05) is 36.4 Å². The van der Waals surface area contributed by atoms with Gasteiger partial charge in [0.05, 0.1) is 99.0 Å². The van der Waals surface area contributed by atoms with E-state index in [1.807, 2.05) is 12.1 Å². The van der Waals surface area contributed by atoms with Crippen molar-refractivity contribution in [3.8, 4) is 12.1 Å². The molecule has 85 heavy (non-hydrogen) atoms. The third kappa shape index (κ3) is 13.2. The molecule has 29 heteroatoms. The van der Waals surface area contributed by atoms with Gasteiger partial charge in [-0.2, -0.15) is 45.3 Å². The summed E-state index contributed by atoms with van der Waals surface area (Å²) in [6.07, 6.45) is -6.85. The third-order valence-corrected chi connectivity index (χ3v) is 14.8. The van der Waals surface area contributed by atoms with Crippen LogP contribution in [0.3, 0.4) is 0 Å². The van der Waals surface area contributed by atoms with Gasteiger partial charge in [-0.15, -0.1) is 0 Å². The lowest BCUT2D eigenvalue weighted by atomic mass is 9.94. The Bertz CT molecular complexity index is 3610. The van der Waals surface area contributed by atoms with Crippen molar-refractivity contribution >= 4 is 63.1 Å². The number of halogens is 6. The van der Waals surface area contributed by atoms with Gasteiger partial charge in [-0.3, -0.25) is 38.3 Å². The molecule has 0 saturated heterocycles. The van der Waals surface area contributed by atoms with Gasteiger partial charge in [-0.25, -0.2) is 14.2 Å². The van der Waals surface area contributed by atoms with E-state index in [4.69, 9.17) is 0 Å². The average molecular weight is 1190 g/mol. The molecule has 0 bridgehead atoms. The van der Waals surface area contributed by atoms with Gasteiger partial charge >= 0.3 is 24.4 Å². The number of aromatic nitrogens is 1. The van der Waals surface area contributed by atoms with Crippen molar-refractivity contribution in [3.05, 3.63) is 183 Å². The van der Waals surface area contributed by atoms with Crippen molar-refractivity contribution in [1.82, 2.24) is 36.0 Å². The molecule has 9 amide bonds. The second-order valence-electron chi connectivity index (χ2n) is 19.6. The van der Waals surface area contributed by atoms with Gasteiger partial charge < -0.3 is 36.0 Å². The normalized spacial score (nSPS) is 17.0. The number of anilines is 2. The fraction of sp³-hybridized carbons (Fsp3) is 0.250. The maximum absolute atomic E-state index is 14.3. The molecule has 4 aromatic carbocycles. The highest BCUT2D eigenvalue weighted by atomic mass is 32.2. The monoisotopic (exact) mass is 1190 g/mol. The average Bonchev–Trinajstić information content (AvgIpc) is 4.21. The van der Waals surface area contributed by atoms with Crippen molar-refractivity contribution < 1.29 is 77.4 Å². The Morgan fingerprint density at radius 3 is 1.44 bits per heavy atom. The smallest absolute Gasteiger partial charge is 0.353 e. The topological polar surface area (TPSA) is 290 Å². The van der Waals surface area contributed by atoms with Gasteiger partial charge in [0.1, 0.15) is 18.8 Å². The first-order valence-corrected chi connectivity index (χ1v) is 27.3. The molecule has 0 unspecified atom stereocenters. The molecule has 0 saturated carbocycles. The number of nitrogens with one attached hydrogen (secondary N) is 4. The Hall–Kier alpha value is -10.1. The lowest BCUT2D eigenvalue weighted by Crippen LogP contribution is -2.47. The number of carbonyl (C=O) groups is 7. The van der Waals surface area contributed by atoms with Crippen molar-refractivity contribution in [2.45, 2.75) is 31.0 Å². The van der Waals surface area contributed by atoms with E-state index in [2.05, 4.69) is 21.3 Å². The fourth-order valence-corrected chi connectivity index (χ4v) is 10.5. The molecule has 5 N–H and O–H groups in total. The van der Waals surface area contributed by atoms with Crippen molar-refractivity contribution in [2.75, 3.05) is 67.9 Å². The Balaban J connectivity index is 0.891. The summed E-state index contributed by atoms with van der Waals surface area (Å²) in [5.74, 6) is -4.35. The molecule has 0 radical (unpaired) electrons. The number of urea groups is 2. The summed E-state index contributed by atoms with van der Waals surface area (Å²) in [7, 11) is -4.34. The Morgan fingerprint density at radius 2 is 1.06 bits per heavy atom. The molecule has 4 aliphatic heterocycles. The lowest BCUT2D eigenvalue weighted by Gasteiger charge is -2.33. The van der Waals surface area contributed by atoms with E-state index in [1.54, 1.807) is 0 Å². The number of benzene rings is 4. The maximum Gasteiger partial charge on any atom is 0.416 e. The summed E-state index contributed by atoms with van der Waals surface area (Å²) in [5, 5.41) is 29.3. The van der Waals surface area contributed by atoms with Gasteiger partial charge in [0, 0.05) is 38.3 Å². The number of nitriles is 2. The first kappa shape index (κ1) is 59.5. The standard InChI is InChI=1S/C56H46F6N12O10S/c57-55(58,59)38-3-1-5-40(25-38)73-42-29-71(51(78)46(42)48(67-53(73)80)35-11-7-33(27-63)8-12-35)31-44(75)65-17-21-70(50(77)37-15-19-69(20-16-37)23-24-85(82,83)84)22-18-66-45(76)32-72-30-43-47(52(72)79)49(36-13-9-34(28-64)10-14-36)68-54(81)74(43)41-6-2-4-39(26-41)56(60,61)62/h1-16,19-20,25-26,48-49H,17-18,21-24,29-32H2,(H4-,65,66,67,68,75,76,80,81,82,83,84)/p+1/t48-,49-/m1/s1. The summed E-state index contributed by atoms with van der Waals surface area (Å²) in [6.45, 7) is -3.38. The third-order valence-electron chi connectivity index (χ3n) is 14.1. The molecule has 9 rings (SSSR count). The zero-order valence-corrected chi connectivity index (χ0v) is 45.0. The minimum Gasteiger partial charge on any atom is -0.353 e. The van der Waals surface area contributed by atoms with Crippen molar-refractivity contribution in [1.29, 1.82) is 10.5 Å². The van der Waals surface area contributed by atoms with E-state index < -0.39 is 119 Å². The highest BCUT2D eigenvalue weighted by molar-refractivity contribution is 7.85. The number of pyridine rings is 1. The van der Waals surface area contributed by atoms with Crippen LogP contribution in [0.5, 0.6) is 0 Å². The van der Waals surface area contributed by atoms with E-state index >= 15 is 0 Å². The number of hydrogen-bond donors (Lipinski definition) is 5. The van der Waals surface area contributed by atoms with Crippen LogP contribution in [-0.2, 0) is 48.2 Å². The van der Waals surface area contributed by atoms with Crippen LogP contribution >= 0.6 is 0 Å². The first-order chi connectivity index (χ1) is 40.3. The van der Waals surface area contributed by atoms with Gasteiger partial charge in [0.2, 0.25) is 11.8 Å². The van der Waals surface area contributed by atoms with E-state index in [-0.39, 0.29) is 83.3 Å². The predicted octanol–water partition coefficient (Wildman–Crippen LogP) is 4.45. The van der Waals surface area contributed by atoms with Gasteiger partial charge in [0.15, 0.2) is 18.9 Å². The van der Waals surface area contributed by atoms with Crippen LogP contribution in [0, 0.1) is 22.7 Å². The van der Waals surface area contributed by atoms with E-state index in [1.165, 1.54) is 94.7 Å². The summed E-state index contributed by atoms with van der Waals surface area (Å²) >= 11 is 0. The van der Waals surface area contributed by atoms with Crippen LogP contribution in [0.25, 0.3) is 0 Å². The van der Waals surface area contributed by atoms with E-state index in [0.29, 0.717) is 11.1 Å². The number of aryl methyl sites for hydroxylation is 1. The molecule has 0 spiro atoms. The van der Waals surface area contributed by atoms with Gasteiger partial charge in [0.25, 0.3) is 27.8 Å². The summed E-state index contributed by atoms with van der Waals surface area (Å²) in [6, 6.07) is 22.0. The van der Waals surface area contributed by atoms with E-state index in [9.17, 15) is 83.4 Å². The number of carbonyl (C=O) groups excluding carboxylic acids is 7. The Labute approximate surface area is 479 Å². The quantitative estimate of drug-likeness (QED) is 0.0462. The number of nitrogens with zero attached hydrogens (tertiary/aromatic N) is 8. The van der Waals surface area contributed by atoms with Crippen LogP contribution in [0.15, 0.2) is 144 Å². The largest absolute Gasteiger partial charge is 0.416 e. The van der Waals surface area contributed by atoms with Crippen LogP contribution < -0.4 is 35.6 Å². The second kappa shape index (κ2) is 24.0. The van der Waals surface area contributed by atoms with Crippen molar-refractivity contribution in [3.63, 3.8) is 0 Å². The second-order valence-corrected chi connectivity index (χ2v) is 21.2. The summed E-state index contributed by atoms with van der Waals surface area (Å²) in [4.78, 5) is 103. The molecule has 2 atom stereocenters. The van der Waals surface area contributed by atoms with Crippen LogP contribution in [0.4, 0.5) is 47.3 Å². The predicted molar refractivity (Wildman–Crippen MR) is 285 cm³/mol. The molecule has 1 aromatic heterocycles. The summed E-state index contributed by atoms with van der Waals surface area (Å²) < 4.78 is 117. The Kier molecular flexibility index (Phi) is 16.8. The van der Waals surface area contributed by atoms with Crippen LogP contribution in [0.1, 0.15) is 55.8 Å². The molecule has 0 fully saturated rings. The maximum atomic E-state index is 14.3. The number of rotatable bonds is 18. The van der Waals surface area contributed by atoms with Gasteiger partial charge in [-0.05, 0) is 71.8 Å². The highest BCUT2D eigenvalue weighted by Crippen LogP contribution is 2.42. The van der Waals surface area contributed by atoms with Crippen molar-refractivity contribution in [2.24, 2.45) is 0 Å². The minimum atomic E-state index is -4.79. The lowest BCUT2D eigenvalue weighted by molar-refractivity contribution is -0.692. The number of hydrogen-bond acceptors (Lipinski definition) is 11. The number of amides is 9. The minimum absolute atomic E-state index is 0.0160. The van der Waals surface area contributed by atoms with Crippen LogP contribution in [-0.4, -0.2) is 127 Å². The van der Waals surface area contributed by atoms with E-state index in [0.717, 1.165) is 56.0 Å². The molecule has 22 nitrogen and oxygen atoms in total. The zero-order chi connectivity index (χ0) is 61.1. The number of alkyl halides is 6. The highest BCUT2D eigenvalue weighted by Gasteiger charge is 2.47. The zero-order valence-electron chi connectivity index (χ0n) is 44.1. The summed E-state index contributed by atoms with van der Waals surface area (Å²) in [5.41, 5.74) is -1.48. The molecule has 0 aliphatic carbocycles. The van der Waals surface area contributed by atoms with Crippen LogP contribution in [0.2, 0.25) is 0 Å². The fourth-order valence-electron chi connectivity index (χ4n) is 10.0. The molecular formula is C56H47F6N12O10S+. The first-order valence-electron chi connectivity index (χ1n) is 25.7. The Morgan fingerprint density at radius 1 is 0.647 bits per heavy atom. The molecule has 5 aromatic rings. The molecule has 438 valence electrons. The molecular weight excluding hydrogens is 1150 g/mol.